The van der Waals surface area contributed by atoms with Crippen LogP contribution in [0.3, 0.4) is 0 Å². The number of sulfone groups is 1. The second kappa shape index (κ2) is 6.28. The molecule has 1 aliphatic carbocycles. The topological polar surface area (TPSA) is 87.5 Å². The Kier molecular flexibility index (Phi) is 4.23. The van der Waals surface area contributed by atoms with Gasteiger partial charge >= 0.3 is 6.03 Å². The SMILES string of the molecule is Cn1cc([C@H]2CS(=O)(=O)CCN2C(=O)N[C@@H]2CCN(C3CC3)C2)cn1. The molecule has 3 fully saturated rings. The number of carbonyl (C=O) groups excluding carboxylic acids is 1. The average Bonchev–Trinajstić information content (AvgIpc) is 3.15. The maximum atomic E-state index is 12.8. The molecule has 9 heteroatoms. The lowest BCUT2D eigenvalue weighted by Gasteiger charge is -2.35. The number of nitrogens with one attached hydrogen (secondary N) is 1. The monoisotopic (exact) mass is 367 g/mol. The highest BCUT2D eigenvalue weighted by molar-refractivity contribution is 7.91. The van der Waals surface area contributed by atoms with Gasteiger partial charge in [0.25, 0.3) is 0 Å². The van der Waals surface area contributed by atoms with Gasteiger partial charge in [0, 0.05) is 50.5 Å². The van der Waals surface area contributed by atoms with Crippen molar-refractivity contribution in [2.75, 3.05) is 31.1 Å². The maximum absolute atomic E-state index is 12.8. The summed E-state index contributed by atoms with van der Waals surface area (Å²) in [6, 6.07) is 0.242. The largest absolute Gasteiger partial charge is 0.334 e. The van der Waals surface area contributed by atoms with Gasteiger partial charge in [-0.1, -0.05) is 0 Å². The van der Waals surface area contributed by atoms with Gasteiger partial charge in [-0.15, -0.1) is 0 Å². The molecule has 4 rings (SSSR count). The van der Waals surface area contributed by atoms with Gasteiger partial charge in [-0.2, -0.15) is 5.10 Å². The Morgan fingerprint density at radius 1 is 1.28 bits per heavy atom. The molecule has 2 atom stereocenters. The Bertz CT molecular complexity index is 758. The number of hydrogen-bond donors (Lipinski definition) is 1. The van der Waals surface area contributed by atoms with Crippen LogP contribution >= 0.6 is 0 Å². The molecule has 3 aliphatic rings. The number of carbonyl (C=O) groups is 1. The van der Waals surface area contributed by atoms with Crippen molar-refractivity contribution in [3.63, 3.8) is 0 Å². The quantitative estimate of drug-likeness (QED) is 0.821. The number of hydrogen-bond acceptors (Lipinski definition) is 5. The van der Waals surface area contributed by atoms with Crippen LogP contribution in [0.5, 0.6) is 0 Å². The molecular formula is C16H25N5O3S. The Labute approximate surface area is 148 Å². The minimum absolute atomic E-state index is 0.0239. The summed E-state index contributed by atoms with van der Waals surface area (Å²) in [5, 5.41) is 7.25. The average molecular weight is 367 g/mol. The summed E-state index contributed by atoms with van der Waals surface area (Å²) in [5.41, 5.74) is 0.770. The third-order valence-electron chi connectivity index (χ3n) is 5.41. The third kappa shape index (κ3) is 3.67. The van der Waals surface area contributed by atoms with Crippen LogP contribution in [0.2, 0.25) is 0 Å². The lowest BCUT2D eigenvalue weighted by molar-refractivity contribution is 0.176. The summed E-state index contributed by atoms with van der Waals surface area (Å²) in [4.78, 5) is 16.9. The highest BCUT2D eigenvalue weighted by Gasteiger charge is 2.38. The standard InChI is InChI=1S/C16H25N5O3S/c1-19-9-12(8-17-19)15-11-25(23,24)7-6-21(15)16(22)18-13-4-5-20(10-13)14-2-3-14/h8-9,13-15H,2-7,10-11H2,1H3,(H,18,22)/t13-,15-/m1/s1. The first-order chi connectivity index (χ1) is 11.9. The van der Waals surface area contributed by atoms with E-state index in [1.165, 1.54) is 12.8 Å². The molecule has 1 aromatic rings. The summed E-state index contributed by atoms with van der Waals surface area (Å²) in [5.74, 6) is -0.0129. The second-order valence-corrected chi connectivity index (χ2v) is 9.66. The number of urea groups is 1. The smallest absolute Gasteiger partial charge is 0.318 e. The van der Waals surface area contributed by atoms with Crippen LogP contribution in [0.25, 0.3) is 0 Å². The Morgan fingerprint density at radius 3 is 2.76 bits per heavy atom. The van der Waals surface area contributed by atoms with Crippen LogP contribution in [0.4, 0.5) is 4.79 Å². The lowest BCUT2D eigenvalue weighted by Crippen LogP contribution is -2.52. The van der Waals surface area contributed by atoms with E-state index in [0.29, 0.717) is 6.04 Å². The predicted octanol–water partition coefficient (Wildman–Crippen LogP) is 0.138. The number of amides is 2. The van der Waals surface area contributed by atoms with E-state index in [4.69, 9.17) is 0 Å². The van der Waals surface area contributed by atoms with Crippen molar-refractivity contribution < 1.29 is 13.2 Å². The Balaban J connectivity index is 1.45. The number of rotatable bonds is 3. The summed E-state index contributed by atoms with van der Waals surface area (Å²) in [6.45, 7) is 2.17. The minimum atomic E-state index is -3.14. The van der Waals surface area contributed by atoms with E-state index < -0.39 is 15.9 Å². The van der Waals surface area contributed by atoms with E-state index in [0.717, 1.165) is 25.1 Å². The molecule has 1 saturated carbocycles. The Morgan fingerprint density at radius 2 is 2.08 bits per heavy atom. The van der Waals surface area contributed by atoms with Crippen LogP contribution in [0, 0.1) is 0 Å². The zero-order valence-corrected chi connectivity index (χ0v) is 15.3. The van der Waals surface area contributed by atoms with E-state index in [-0.39, 0.29) is 30.1 Å². The lowest BCUT2D eigenvalue weighted by atomic mass is 10.1. The van der Waals surface area contributed by atoms with E-state index in [1.54, 1.807) is 29.0 Å². The molecule has 0 unspecified atom stereocenters. The predicted molar refractivity (Wildman–Crippen MR) is 92.8 cm³/mol. The molecule has 25 heavy (non-hydrogen) atoms. The highest BCUT2D eigenvalue weighted by Crippen LogP contribution is 2.30. The van der Waals surface area contributed by atoms with Crippen LogP contribution in [-0.2, 0) is 16.9 Å². The van der Waals surface area contributed by atoms with Crippen molar-refractivity contribution in [2.24, 2.45) is 7.05 Å². The van der Waals surface area contributed by atoms with Gasteiger partial charge in [-0.25, -0.2) is 13.2 Å². The van der Waals surface area contributed by atoms with Crippen LogP contribution < -0.4 is 5.32 Å². The van der Waals surface area contributed by atoms with Gasteiger partial charge in [0.05, 0.1) is 23.7 Å². The number of nitrogens with zero attached hydrogens (tertiary/aromatic N) is 4. The molecular weight excluding hydrogens is 342 g/mol. The first-order valence-electron chi connectivity index (χ1n) is 8.91. The summed E-state index contributed by atoms with van der Waals surface area (Å²) < 4.78 is 25.8. The van der Waals surface area contributed by atoms with Gasteiger partial charge in [-0.3, -0.25) is 9.58 Å². The van der Waals surface area contributed by atoms with Gasteiger partial charge < -0.3 is 10.2 Å². The molecule has 0 aromatic carbocycles. The second-order valence-electron chi connectivity index (χ2n) is 7.43. The fraction of sp³-hybridized carbons (Fsp3) is 0.750. The van der Waals surface area contributed by atoms with E-state index in [2.05, 4.69) is 15.3 Å². The van der Waals surface area contributed by atoms with Gasteiger partial charge in [0.1, 0.15) is 0 Å². The Hall–Kier alpha value is -1.61. The summed E-state index contributed by atoms with van der Waals surface area (Å²) in [6.07, 6.45) is 6.94. The fourth-order valence-electron chi connectivity index (χ4n) is 3.87. The number of aryl methyl sites for hydroxylation is 1. The van der Waals surface area contributed by atoms with E-state index in [9.17, 15) is 13.2 Å². The van der Waals surface area contributed by atoms with Crippen molar-refractivity contribution in [3.05, 3.63) is 18.0 Å². The minimum Gasteiger partial charge on any atom is -0.334 e. The molecule has 0 bridgehead atoms. The van der Waals surface area contributed by atoms with Crippen LogP contribution in [0.15, 0.2) is 12.4 Å². The molecule has 0 spiro atoms. The zero-order valence-electron chi connectivity index (χ0n) is 14.5. The molecule has 2 saturated heterocycles. The van der Waals surface area contributed by atoms with Crippen molar-refractivity contribution in [1.29, 1.82) is 0 Å². The fourth-order valence-corrected chi connectivity index (χ4v) is 5.37. The summed E-state index contributed by atoms with van der Waals surface area (Å²) >= 11 is 0. The normalized spacial score (nSPS) is 29.7. The van der Waals surface area contributed by atoms with Gasteiger partial charge in [-0.05, 0) is 19.3 Å². The molecule has 2 aliphatic heterocycles. The molecule has 1 N–H and O–H groups in total. The van der Waals surface area contributed by atoms with Crippen LogP contribution in [0.1, 0.15) is 30.9 Å². The first kappa shape index (κ1) is 16.8. The zero-order chi connectivity index (χ0) is 17.6. The molecule has 0 radical (unpaired) electrons. The van der Waals surface area contributed by atoms with E-state index in [1.807, 2.05) is 0 Å². The first-order valence-corrected chi connectivity index (χ1v) is 10.7. The maximum Gasteiger partial charge on any atom is 0.318 e. The molecule has 138 valence electrons. The van der Waals surface area contributed by atoms with Crippen molar-refractivity contribution in [2.45, 2.75) is 37.4 Å². The van der Waals surface area contributed by atoms with Crippen molar-refractivity contribution >= 4 is 15.9 Å². The summed E-state index contributed by atoms with van der Waals surface area (Å²) in [7, 11) is -1.36. The molecule has 3 heterocycles. The molecule has 2 amide bonds. The van der Waals surface area contributed by atoms with Crippen molar-refractivity contribution in [3.8, 4) is 0 Å². The highest BCUT2D eigenvalue weighted by atomic mass is 32.2. The molecule has 1 aromatic heterocycles. The third-order valence-corrected chi connectivity index (χ3v) is 7.04. The number of likely N-dealkylation sites (tertiary alicyclic amines) is 1. The molecule has 8 nitrogen and oxygen atoms in total. The number of aromatic nitrogens is 2. The van der Waals surface area contributed by atoms with Gasteiger partial charge in [0.2, 0.25) is 0 Å². The van der Waals surface area contributed by atoms with E-state index >= 15 is 0 Å². The van der Waals surface area contributed by atoms with Gasteiger partial charge in [0.15, 0.2) is 9.84 Å². The van der Waals surface area contributed by atoms with Crippen molar-refractivity contribution in [1.82, 2.24) is 24.9 Å². The van der Waals surface area contributed by atoms with Crippen LogP contribution in [-0.4, -0.2) is 77.3 Å².